The summed E-state index contributed by atoms with van der Waals surface area (Å²) in [5.74, 6) is 1.55. The predicted octanol–water partition coefficient (Wildman–Crippen LogP) is 5.46. The Labute approximate surface area is 213 Å². The number of rotatable bonds is 3. The Morgan fingerprint density at radius 3 is 2.68 bits per heavy atom. The average Bonchev–Trinajstić information content (AvgIpc) is 3.43. The number of benzene rings is 2. The molecule has 0 saturated carbocycles. The van der Waals surface area contributed by atoms with Crippen molar-refractivity contribution in [3.8, 4) is 11.4 Å². The molecule has 0 spiro atoms. The second kappa shape index (κ2) is 8.58. The van der Waals surface area contributed by atoms with Crippen molar-refractivity contribution in [2.75, 3.05) is 0 Å². The fourth-order valence-electron chi connectivity index (χ4n) is 5.27. The van der Waals surface area contributed by atoms with Crippen LogP contribution in [-0.4, -0.2) is 24.7 Å². The molecular formula is C29H27N5O3. The van der Waals surface area contributed by atoms with Gasteiger partial charge in [0.05, 0.1) is 0 Å². The number of pyridine rings is 1. The molecule has 4 heterocycles. The maximum Gasteiger partial charge on any atom is 0.439 e. The van der Waals surface area contributed by atoms with Crippen LogP contribution < -0.4 is 10.5 Å². The topological polar surface area (TPSA) is 98.8 Å². The highest BCUT2D eigenvalue weighted by Gasteiger charge is 2.25. The first-order valence-corrected chi connectivity index (χ1v) is 12.3. The second-order valence-electron chi connectivity index (χ2n) is 9.49. The van der Waals surface area contributed by atoms with Crippen molar-refractivity contribution < 1.29 is 9.26 Å². The monoisotopic (exact) mass is 493 g/mol. The highest BCUT2D eigenvalue weighted by Crippen LogP contribution is 2.42. The minimum absolute atomic E-state index is 0.394. The Morgan fingerprint density at radius 2 is 1.92 bits per heavy atom. The number of fused-ring (bicyclic) bond motifs is 3. The molecule has 0 radical (unpaired) electrons. The molecule has 1 N–H and O–H groups in total. The normalized spacial score (nSPS) is 14.2. The van der Waals surface area contributed by atoms with E-state index in [0.29, 0.717) is 12.4 Å². The van der Waals surface area contributed by atoms with Gasteiger partial charge >= 0.3 is 5.76 Å². The van der Waals surface area contributed by atoms with Crippen LogP contribution in [0.4, 0.5) is 0 Å². The van der Waals surface area contributed by atoms with Crippen molar-refractivity contribution >= 4 is 22.3 Å². The number of hydrogen-bond donors (Lipinski definition) is 1. The molecule has 5 aromatic rings. The third kappa shape index (κ3) is 3.67. The van der Waals surface area contributed by atoms with Crippen LogP contribution in [0.2, 0.25) is 0 Å². The maximum absolute atomic E-state index is 11.7. The van der Waals surface area contributed by atoms with Crippen LogP contribution in [0.1, 0.15) is 59.0 Å². The molecule has 0 amide bonds. The number of aromatic amines is 1. The molecule has 0 fully saturated rings. The molecule has 37 heavy (non-hydrogen) atoms. The largest absolute Gasteiger partial charge is 0.488 e. The summed E-state index contributed by atoms with van der Waals surface area (Å²) in [7, 11) is 0. The molecule has 1 aliphatic heterocycles. The van der Waals surface area contributed by atoms with Crippen molar-refractivity contribution in [1.29, 1.82) is 0 Å². The van der Waals surface area contributed by atoms with Gasteiger partial charge in [-0.05, 0) is 79.8 Å². The van der Waals surface area contributed by atoms with Gasteiger partial charge in [0.1, 0.15) is 23.7 Å². The molecule has 1 aliphatic rings. The zero-order valence-electron chi connectivity index (χ0n) is 21.5. The van der Waals surface area contributed by atoms with E-state index in [2.05, 4.69) is 65.8 Å². The van der Waals surface area contributed by atoms with Gasteiger partial charge in [0.25, 0.3) is 0 Å². The molecule has 3 aromatic heterocycles. The summed E-state index contributed by atoms with van der Waals surface area (Å²) in [5, 5.41) is 3.97. The van der Waals surface area contributed by atoms with Gasteiger partial charge in [-0.3, -0.25) is 14.1 Å². The minimum Gasteiger partial charge on any atom is -0.488 e. The molecule has 186 valence electrons. The number of ether oxygens (including phenoxy) is 1. The minimum atomic E-state index is -0.586. The van der Waals surface area contributed by atoms with Crippen LogP contribution in [0.5, 0.6) is 5.75 Å². The standard InChI is InChI=1S/C29H27N5O3/c1-6-23-31-26-16(3)12-17(4)30-28(26)34(23)20-10-11-21-19(13-20)14-36-22-9-7-8-15(2)24(22)25(21)18(5)27-32-29(35)37-33-27/h7-13H,6,14H2,1-5H3,(H,32,33,35)/b25-18-. The number of aryl methyl sites for hydroxylation is 4. The summed E-state index contributed by atoms with van der Waals surface area (Å²) in [4.78, 5) is 24.2. The summed E-state index contributed by atoms with van der Waals surface area (Å²) in [6.07, 6.45) is 0.775. The first-order chi connectivity index (χ1) is 17.9. The Morgan fingerprint density at radius 1 is 1.08 bits per heavy atom. The van der Waals surface area contributed by atoms with E-state index in [1.807, 2.05) is 26.0 Å². The van der Waals surface area contributed by atoms with Crippen LogP contribution in [0.25, 0.3) is 28.0 Å². The Bertz CT molecular complexity index is 1790. The van der Waals surface area contributed by atoms with E-state index in [9.17, 15) is 4.79 Å². The van der Waals surface area contributed by atoms with Gasteiger partial charge < -0.3 is 4.74 Å². The van der Waals surface area contributed by atoms with Crippen molar-refractivity contribution in [2.45, 2.75) is 47.6 Å². The number of hydrogen-bond acceptors (Lipinski definition) is 6. The van der Waals surface area contributed by atoms with Gasteiger partial charge in [-0.1, -0.05) is 30.3 Å². The molecule has 2 aromatic carbocycles. The van der Waals surface area contributed by atoms with E-state index >= 15 is 0 Å². The molecule has 6 rings (SSSR count). The van der Waals surface area contributed by atoms with Gasteiger partial charge in [0, 0.05) is 28.9 Å². The third-order valence-corrected chi connectivity index (χ3v) is 6.97. The summed E-state index contributed by atoms with van der Waals surface area (Å²) in [6.45, 7) is 10.6. The number of aromatic nitrogens is 5. The summed E-state index contributed by atoms with van der Waals surface area (Å²) in [6, 6.07) is 14.4. The zero-order chi connectivity index (χ0) is 25.8. The lowest BCUT2D eigenvalue weighted by Gasteiger charge is -2.17. The molecule has 0 atom stereocenters. The summed E-state index contributed by atoms with van der Waals surface area (Å²) >= 11 is 0. The number of H-pyrrole nitrogens is 1. The first-order valence-electron chi connectivity index (χ1n) is 12.3. The van der Waals surface area contributed by atoms with Crippen molar-refractivity contribution in [3.63, 3.8) is 0 Å². The Balaban J connectivity index is 1.62. The van der Waals surface area contributed by atoms with Crippen LogP contribution in [0, 0.1) is 20.8 Å². The van der Waals surface area contributed by atoms with E-state index in [-0.39, 0.29) is 0 Å². The number of imidazole rings is 1. The lowest BCUT2D eigenvalue weighted by molar-refractivity contribution is 0.307. The molecule has 0 unspecified atom stereocenters. The van der Waals surface area contributed by atoms with Gasteiger partial charge in [-0.15, -0.1) is 0 Å². The number of allylic oxidation sites excluding steroid dienone is 1. The molecular weight excluding hydrogens is 466 g/mol. The Hall–Kier alpha value is -4.46. The number of nitrogens with one attached hydrogen (secondary N) is 1. The fraction of sp³-hybridized carbons (Fsp3) is 0.241. The smallest absolute Gasteiger partial charge is 0.439 e. The van der Waals surface area contributed by atoms with Gasteiger partial charge in [-0.25, -0.2) is 14.8 Å². The predicted molar refractivity (Wildman–Crippen MR) is 142 cm³/mol. The molecule has 0 aliphatic carbocycles. The molecule has 0 bridgehead atoms. The lowest BCUT2D eigenvalue weighted by atomic mass is 9.88. The van der Waals surface area contributed by atoms with Crippen molar-refractivity contribution in [1.82, 2.24) is 24.7 Å². The highest BCUT2D eigenvalue weighted by atomic mass is 16.5. The second-order valence-corrected chi connectivity index (χ2v) is 9.49. The quantitative estimate of drug-likeness (QED) is 0.359. The summed E-state index contributed by atoms with van der Waals surface area (Å²) < 4.78 is 13.3. The van der Waals surface area contributed by atoms with Crippen molar-refractivity contribution in [3.05, 3.63) is 98.2 Å². The van der Waals surface area contributed by atoms with Crippen LogP contribution in [0.15, 0.2) is 51.8 Å². The third-order valence-electron chi connectivity index (χ3n) is 6.97. The van der Waals surface area contributed by atoms with Gasteiger partial charge in [-0.2, -0.15) is 0 Å². The highest BCUT2D eigenvalue weighted by molar-refractivity contribution is 6.00. The number of nitrogens with zero attached hydrogens (tertiary/aromatic N) is 4. The zero-order valence-corrected chi connectivity index (χ0v) is 21.5. The van der Waals surface area contributed by atoms with E-state index < -0.39 is 5.76 Å². The average molecular weight is 494 g/mol. The lowest BCUT2D eigenvalue weighted by Crippen LogP contribution is -2.05. The van der Waals surface area contributed by atoms with E-state index in [4.69, 9.17) is 19.2 Å². The SMILES string of the molecule is CCc1nc2c(C)cc(C)nc2n1-c1ccc2c(c1)COc1cccc(C)c1/C2=C(/C)c1noc(=O)[nH]1. The van der Waals surface area contributed by atoms with Gasteiger partial charge in [0.15, 0.2) is 11.5 Å². The van der Waals surface area contributed by atoms with E-state index in [1.165, 1.54) is 0 Å². The van der Waals surface area contributed by atoms with Crippen LogP contribution in [-0.2, 0) is 13.0 Å². The summed E-state index contributed by atoms with van der Waals surface area (Å²) in [5.41, 5.74) is 10.7. The van der Waals surface area contributed by atoms with E-state index in [1.54, 1.807) is 0 Å². The van der Waals surface area contributed by atoms with Crippen molar-refractivity contribution in [2.24, 2.45) is 0 Å². The molecule has 0 saturated heterocycles. The Kier molecular flexibility index (Phi) is 5.33. The van der Waals surface area contributed by atoms with Crippen LogP contribution in [0.3, 0.4) is 0 Å². The molecule has 8 nitrogen and oxygen atoms in total. The van der Waals surface area contributed by atoms with Crippen LogP contribution >= 0.6 is 0 Å². The molecule has 8 heteroatoms. The van der Waals surface area contributed by atoms with E-state index in [0.717, 1.165) is 79.5 Å². The fourth-order valence-corrected chi connectivity index (χ4v) is 5.27. The maximum atomic E-state index is 11.7. The first kappa shape index (κ1) is 23.0. The van der Waals surface area contributed by atoms with Gasteiger partial charge in [0.2, 0.25) is 0 Å².